The Morgan fingerprint density at radius 3 is 2.19 bits per heavy atom. The van der Waals surface area contributed by atoms with Crippen molar-refractivity contribution in [2.75, 3.05) is 23.0 Å². The Kier molecular flexibility index (Phi) is 6.71. The van der Waals surface area contributed by atoms with E-state index in [0.29, 0.717) is 28.1 Å². The molecular formula is C23H22N2O5S. The van der Waals surface area contributed by atoms with Crippen LogP contribution in [0.15, 0.2) is 78.9 Å². The van der Waals surface area contributed by atoms with Crippen LogP contribution in [0.5, 0.6) is 0 Å². The normalized spacial score (nSPS) is 10.9. The molecule has 0 atom stereocenters. The topological polar surface area (TPSA) is 92.8 Å². The van der Waals surface area contributed by atoms with Crippen molar-refractivity contribution in [3.63, 3.8) is 0 Å². The summed E-state index contributed by atoms with van der Waals surface area (Å²) in [6.45, 7) is 0.0306. The number of para-hydroxylation sites is 1. The second-order valence-electron chi connectivity index (χ2n) is 6.83. The summed E-state index contributed by atoms with van der Waals surface area (Å²) in [5.41, 5.74) is 2.44. The van der Waals surface area contributed by atoms with Gasteiger partial charge in [0.1, 0.15) is 0 Å². The number of amides is 1. The average Bonchev–Trinajstić information content (AvgIpc) is 2.77. The van der Waals surface area contributed by atoms with Crippen LogP contribution in [0.1, 0.15) is 26.3 Å². The fourth-order valence-electron chi connectivity index (χ4n) is 2.98. The van der Waals surface area contributed by atoms with Crippen LogP contribution in [0, 0.1) is 0 Å². The molecule has 1 N–H and O–H groups in total. The molecule has 0 aliphatic heterocycles. The first-order valence-corrected chi connectivity index (χ1v) is 11.2. The highest BCUT2D eigenvalue weighted by Crippen LogP contribution is 2.22. The van der Waals surface area contributed by atoms with Crippen molar-refractivity contribution < 1.29 is 22.7 Å². The Hall–Kier alpha value is -3.65. The van der Waals surface area contributed by atoms with Gasteiger partial charge >= 0.3 is 5.97 Å². The molecule has 3 aromatic carbocycles. The van der Waals surface area contributed by atoms with Gasteiger partial charge in [0.25, 0.3) is 5.91 Å². The Balaban J connectivity index is 1.83. The summed E-state index contributed by atoms with van der Waals surface area (Å²) in [7, 11) is -2.34. The van der Waals surface area contributed by atoms with Crippen LogP contribution in [0.2, 0.25) is 0 Å². The van der Waals surface area contributed by atoms with Gasteiger partial charge in [0.05, 0.1) is 31.2 Å². The van der Waals surface area contributed by atoms with E-state index < -0.39 is 16.0 Å². The summed E-state index contributed by atoms with van der Waals surface area (Å²) < 4.78 is 30.7. The first-order chi connectivity index (χ1) is 14.8. The zero-order valence-electron chi connectivity index (χ0n) is 17.1. The highest BCUT2D eigenvalue weighted by Gasteiger charge is 2.19. The number of anilines is 2. The predicted molar refractivity (Wildman–Crippen MR) is 120 cm³/mol. The number of carbonyl (C=O) groups excluding carboxylic acids is 2. The number of sulfonamides is 1. The molecule has 8 heteroatoms. The summed E-state index contributed by atoms with van der Waals surface area (Å²) in [6, 6.07) is 21.9. The second-order valence-corrected chi connectivity index (χ2v) is 8.74. The van der Waals surface area contributed by atoms with E-state index in [2.05, 4.69) is 10.1 Å². The van der Waals surface area contributed by atoms with Crippen LogP contribution < -0.4 is 9.62 Å². The molecule has 0 radical (unpaired) electrons. The number of hydrogen-bond acceptors (Lipinski definition) is 5. The number of nitrogens with zero attached hydrogens (tertiary/aromatic N) is 1. The van der Waals surface area contributed by atoms with Crippen molar-refractivity contribution in [1.82, 2.24) is 0 Å². The molecule has 1 amide bonds. The fraction of sp³-hybridized carbons (Fsp3) is 0.130. The lowest BCUT2D eigenvalue weighted by Gasteiger charge is -2.23. The van der Waals surface area contributed by atoms with Gasteiger partial charge in [-0.15, -0.1) is 0 Å². The zero-order chi connectivity index (χ0) is 22.4. The third-order valence-electron chi connectivity index (χ3n) is 4.52. The molecule has 160 valence electrons. The highest BCUT2D eigenvalue weighted by atomic mass is 32.2. The van der Waals surface area contributed by atoms with Gasteiger partial charge in [-0.1, -0.05) is 30.3 Å². The number of carbonyl (C=O) groups is 2. The van der Waals surface area contributed by atoms with Crippen molar-refractivity contribution in [3.8, 4) is 0 Å². The van der Waals surface area contributed by atoms with E-state index in [1.165, 1.54) is 23.5 Å². The van der Waals surface area contributed by atoms with Crippen LogP contribution >= 0.6 is 0 Å². The molecule has 0 unspecified atom stereocenters. The summed E-state index contributed by atoms with van der Waals surface area (Å²) >= 11 is 0. The number of ether oxygens (including phenoxy) is 1. The summed E-state index contributed by atoms with van der Waals surface area (Å²) in [5.74, 6) is -0.795. The van der Waals surface area contributed by atoms with Gasteiger partial charge in [-0.3, -0.25) is 9.10 Å². The minimum Gasteiger partial charge on any atom is -0.465 e. The monoisotopic (exact) mass is 438 g/mol. The van der Waals surface area contributed by atoms with Gasteiger partial charge in [-0.25, -0.2) is 13.2 Å². The van der Waals surface area contributed by atoms with Gasteiger partial charge in [-0.2, -0.15) is 0 Å². The lowest BCUT2D eigenvalue weighted by Crippen LogP contribution is -2.29. The minimum atomic E-state index is -3.62. The molecule has 0 aliphatic carbocycles. The van der Waals surface area contributed by atoms with E-state index in [9.17, 15) is 18.0 Å². The maximum atomic E-state index is 12.6. The Labute approximate surface area is 181 Å². The summed E-state index contributed by atoms with van der Waals surface area (Å²) in [5, 5.41) is 2.81. The first-order valence-electron chi connectivity index (χ1n) is 9.39. The van der Waals surface area contributed by atoms with E-state index in [1.54, 1.807) is 48.5 Å². The number of rotatable bonds is 7. The third-order valence-corrected chi connectivity index (χ3v) is 5.66. The highest BCUT2D eigenvalue weighted by molar-refractivity contribution is 7.92. The molecule has 0 aliphatic rings. The van der Waals surface area contributed by atoms with Gasteiger partial charge in [0.2, 0.25) is 10.0 Å². The average molecular weight is 439 g/mol. The van der Waals surface area contributed by atoms with Gasteiger partial charge in [0, 0.05) is 11.3 Å². The quantitative estimate of drug-likeness (QED) is 0.568. The Bertz CT molecular complexity index is 1180. The first kappa shape index (κ1) is 22.0. The second kappa shape index (κ2) is 9.44. The molecule has 0 bridgehead atoms. The fourth-order valence-corrected chi connectivity index (χ4v) is 3.87. The Morgan fingerprint density at radius 1 is 0.903 bits per heavy atom. The van der Waals surface area contributed by atoms with Crippen LogP contribution in [-0.2, 0) is 21.3 Å². The van der Waals surface area contributed by atoms with E-state index in [0.717, 1.165) is 6.26 Å². The number of nitrogens with one attached hydrogen (secondary N) is 1. The predicted octanol–water partition coefficient (Wildman–Crippen LogP) is 3.69. The number of methoxy groups -OCH3 is 1. The maximum Gasteiger partial charge on any atom is 0.337 e. The lowest BCUT2D eigenvalue weighted by atomic mass is 10.1. The number of esters is 1. The molecular weight excluding hydrogens is 416 g/mol. The zero-order valence-corrected chi connectivity index (χ0v) is 17.9. The van der Waals surface area contributed by atoms with Crippen LogP contribution in [0.25, 0.3) is 0 Å². The molecule has 0 saturated carbocycles. The van der Waals surface area contributed by atoms with Crippen LogP contribution in [0.3, 0.4) is 0 Å². The van der Waals surface area contributed by atoms with E-state index in [1.807, 2.05) is 18.2 Å². The molecule has 31 heavy (non-hydrogen) atoms. The molecule has 3 aromatic rings. The Morgan fingerprint density at radius 2 is 1.58 bits per heavy atom. The van der Waals surface area contributed by atoms with E-state index in [-0.39, 0.29) is 12.5 Å². The molecule has 0 spiro atoms. The molecule has 3 rings (SSSR count). The van der Waals surface area contributed by atoms with Crippen molar-refractivity contribution >= 4 is 33.3 Å². The molecule has 0 saturated heterocycles. The van der Waals surface area contributed by atoms with E-state index >= 15 is 0 Å². The van der Waals surface area contributed by atoms with Crippen LogP contribution in [-0.4, -0.2) is 33.7 Å². The number of benzene rings is 3. The molecule has 0 aromatic heterocycles. The van der Waals surface area contributed by atoms with Gasteiger partial charge < -0.3 is 10.1 Å². The lowest BCUT2D eigenvalue weighted by molar-refractivity contribution is 0.0600. The van der Waals surface area contributed by atoms with Crippen molar-refractivity contribution in [2.24, 2.45) is 0 Å². The van der Waals surface area contributed by atoms with Crippen molar-refractivity contribution in [1.29, 1.82) is 0 Å². The van der Waals surface area contributed by atoms with Crippen molar-refractivity contribution in [3.05, 3.63) is 95.6 Å². The maximum absolute atomic E-state index is 12.6. The molecule has 0 fully saturated rings. The molecule has 7 nitrogen and oxygen atoms in total. The van der Waals surface area contributed by atoms with Crippen molar-refractivity contribution in [2.45, 2.75) is 6.54 Å². The number of hydrogen-bond donors (Lipinski definition) is 1. The third kappa shape index (κ3) is 5.70. The van der Waals surface area contributed by atoms with Gasteiger partial charge in [0.15, 0.2) is 0 Å². The van der Waals surface area contributed by atoms with Gasteiger partial charge in [-0.05, 0) is 54.1 Å². The molecule has 0 heterocycles. The smallest absolute Gasteiger partial charge is 0.337 e. The summed E-state index contributed by atoms with van der Waals surface area (Å²) in [4.78, 5) is 24.2. The van der Waals surface area contributed by atoms with Crippen LogP contribution in [0.4, 0.5) is 11.4 Å². The SMILES string of the molecule is COC(=O)c1ccc(N(Cc2cccc(C(=O)Nc3ccccc3)c2)S(C)(=O)=O)cc1. The summed E-state index contributed by atoms with van der Waals surface area (Å²) in [6.07, 6.45) is 1.10. The minimum absolute atomic E-state index is 0.0306. The van der Waals surface area contributed by atoms with E-state index in [4.69, 9.17) is 0 Å². The largest absolute Gasteiger partial charge is 0.465 e. The standard InChI is InChI=1S/C23H22N2O5S/c1-30-23(27)18-11-13-21(14-12-18)25(31(2,28)29)16-17-7-6-8-19(15-17)22(26)24-20-9-4-3-5-10-20/h3-15H,16H2,1-2H3,(H,24,26).